The summed E-state index contributed by atoms with van der Waals surface area (Å²) >= 11 is 6.87. The van der Waals surface area contributed by atoms with E-state index in [1.807, 2.05) is 12.1 Å². The molecule has 1 aliphatic heterocycles. The van der Waals surface area contributed by atoms with Crippen molar-refractivity contribution in [1.29, 1.82) is 0 Å². The fourth-order valence-electron chi connectivity index (χ4n) is 2.67. The minimum atomic E-state index is 0.340. The van der Waals surface area contributed by atoms with Crippen LogP contribution in [0.3, 0.4) is 0 Å². The number of rotatable bonds is 2. The lowest BCUT2D eigenvalue weighted by molar-refractivity contribution is 0.242. The Kier molecular flexibility index (Phi) is 4.15. The highest BCUT2D eigenvalue weighted by Crippen LogP contribution is 2.33. The van der Waals surface area contributed by atoms with E-state index in [2.05, 4.69) is 61.0 Å². The minimum Gasteiger partial charge on any atom is -0.506 e. The Morgan fingerprint density at radius 3 is 2.65 bits per heavy atom. The van der Waals surface area contributed by atoms with Gasteiger partial charge in [0.25, 0.3) is 0 Å². The predicted molar refractivity (Wildman–Crippen MR) is 87.8 cm³/mol. The molecule has 4 heteroatoms. The highest BCUT2D eigenvalue weighted by Gasteiger charge is 2.17. The highest BCUT2D eigenvalue weighted by molar-refractivity contribution is 9.11. The van der Waals surface area contributed by atoms with Crippen molar-refractivity contribution in [1.82, 2.24) is 4.90 Å². The van der Waals surface area contributed by atoms with Crippen LogP contribution in [-0.2, 0) is 19.5 Å². The number of halogens is 2. The highest BCUT2D eigenvalue weighted by atomic mass is 79.9. The van der Waals surface area contributed by atoms with Crippen molar-refractivity contribution in [3.63, 3.8) is 0 Å². The van der Waals surface area contributed by atoms with E-state index >= 15 is 0 Å². The smallest absolute Gasteiger partial charge is 0.134 e. The summed E-state index contributed by atoms with van der Waals surface area (Å²) in [5.74, 6) is 0.340. The first-order valence-electron chi connectivity index (χ1n) is 6.59. The fraction of sp³-hybridized carbons (Fsp3) is 0.250. The van der Waals surface area contributed by atoms with Crippen LogP contribution in [0.1, 0.15) is 16.7 Å². The number of aromatic hydroxyl groups is 1. The Morgan fingerprint density at radius 2 is 1.85 bits per heavy atom. The molecule has 0 amide bonds. The van der Waals surface area contributed by atoms with Crippen LogP contribution in [0.4, 0.5) is 0 Å². The fourth-order valence-corrected chi connectivity index (χ4v) is 3.98. The zero-order valence-corrected chi connectivity index (χ0v) is 14.1. The summed E-state index contributed by atoms with van der Waals surface area (Å²) in [6.45, 7) is 2.73. The lowest BCUT2D eigenvalue weighted by atomic mass is 9.99. The van der Waals surface area contributed by atoms with E-state index in [4.69, 9.17) is 0 Å². The number of hydrogen-bond donors (Lipinski definition) is 1. The first kappa shape index (κ1) is 14.1. The SMILES string of the molecule is Oc1c(Br)cc(Br)cc1CN1CCc2ccccc2C1. The summed E-state index contributed by atoms with van der Waals surface area (Å²) in [6.07, 6.45) is 1.08. The number of nitrogens with zero attached hydrogens (tertiary/aromatic N) is 1. The third-order valence-electron chi connectivity index (χ3n) is 3.71. The zero-order chi connectivity index (χ0) is 14.1. The summed E-state index contributed by atoms with van der Waals surface area (Å²) in [6, 6.07) is 12.4. The Labute approximate surface area is 135 Å². The van der Waals surface area contributed by atoms with Crippen molar-refractivity contribution in [3.8, 4) is 5.75 Å². The van der Waals surface area contributed by atoms with Crippen LogP contribution in [0.5, 0.6) is 5.75 Å². The van der Waals surface area contributed by atoms with Gasteiger partial charge in [-0.1, -0.05) is 40.2 Å². The van der Waals surface area contributed by atoms with Gasteiger partial charge >= 0.3 is 0 Å². The molecule has 1 aliphatic rings. The van der Waals surface area contributed by atoms with Crippen LogP contribution < -0.4 is 0 Å². The molecular formula is C16H15Br2NO. The van der Waals surface area contributed by atoms with Crippen molar-refractivity contribution >= 4 is 31.9 Å². The van der Waals surface area contributed by atoms with Crippen molar-refractivity contribution in [2.75, 3.05) is 6.54 Å². The first-order valence-corrected chi connectivity index (χ1v) is 8.18. The maximum Gasteiger partial charge on any atom is 0.134 e. The molecule has 0 bridgehead atoms. The van der Waals surface area contributed by atoms with Crippen LogP contribution in [0, 0.1) is 0 Å². The predicted octanol–water partition coefficient (Wildman–Crippen LogP) is 4.48. The molecule has 0 spiro atoms. The molecule has 0 unspecified atom stereocenters. The van der Waals surface area contributed by atoms with Crippen molar-refractivity contribution in [2.24, 2.45) is 0 Å². The molecule has 0 aromatic heterocycles. The molecule has 0 aliphatic carbocycles. The third kappa shape index (κ3) is 2.92. The molecule has 1 N–H and O–H groups in total. The molecule has 3 rings (SSSR count). The normalized spacial score (nSPS) is 15.1. The van der Waals surface area contributed by atoms with Gasteiger partial charge in [-0.05, 0) is 45.6 Å². The van der Waals surface area contributed by atoms with Gasteiger partial charge in [-0.15, -0.1) is 0 Å². The van der Waals surface area contributed by atoms with Gasteiger partial charge in [-0.25, -0.2) is 0 Å². The number of benzene rings is 2. The number of phenolic OH excluding ortho intramolecular Hbond substituents is 1. The van der Waals surface area contributed by atoms with E-state index in [1.165, 1.54) is 11.1 Å². The van der Waals surface area contributed by atoms with Gasteiger partial charge < -0.3 is 5.11 Å². The van der Waals surface area contributed by atoms with E-state index in [-0.39, 0.29) is 0 Å². The molecule has 2 aromatic rings. The summed E-state index contributed by atoms with van der Waals surface area (Å²) in [7, 11) is 0. The van der Waals surface area contributed by atoms with Gasteiger partial charge in [0.2, 0.25) is 0 Å². The Hall–Kier alpha value is -0.840. The van der Waals surface area contributed by atoms with Gasteiger partial charge in [-0.2, -0.15) is 0 Å². The summed E-state index contributed by atoms with van der Waals surface area (Å²) < 4.78 is 1.72. The standard InChI is InChI=1S/C16H15Br2NO/c17-14-7-13(16(20)15(18)8-14)10-19-6-5-11-3-1-2-4-12(11)9-19/h1-4,7-8,20H,5-6,9-10H2. The molecule has 0 fully saturated rings. The van der Waals surface area contributed by atoms with Gasteiger partial charge in [-0.3, -0.25) is 4.90 Å². The minimum absolute atomic E-state index is 0.340. The average molecular weight is 397 g/mol. The van der Waals surface area contributed by atoms with Crippen molar-refractivity contribution < 1.29 is 5.11 Å². The van der Waals surface area contributed by atoms with E-state index in [0.717, 1.165) is 40.6 Å². The Bertz CT molecular complexity index is 642. The number of fused-ring (bicyclic) bond motifs is 1. The third-order valence-corrected chi connectivity index (χ3v) is 4.77. The number of hydrogen-bond acceptors (Lipinski definition) is 2. The Balaban J connectivity index is 1.80. The lowest BCUT2D eigenvalue weighted by Crippen LogP contribution is -2.30. The zero-order valence-electron chi connectivity index (χ0n) is 10.9. The summed E-state index contributed by atoms with van der Waals surface area (Å²) in [5, 5.41) is 10.2. The first-order chi connectivity index (χ1) is 9.63. The maximum atomic E-state index is 10.2. The van der Waals surface area contributed by atoms with Gasteiger partial charge in [0.1, 0.15) is 5.75 Å². The molecule has 0 saturated heterocycles. The Morgan fingerprint density at radius 1 is 1.10 bits per heavy atom. The monoisotopic (exact) mass is 395 g/mol. The molecular weight excluding hydrogens is 382 g/mol. The second kappa shape index (κ2) is 5.88. The van der Waals surface area contributed by atoms with Crippen LogP contribution in [0.25, 0.3) is 0 Å². The summed E-state index contributed by atoms with van der Waals surface area (Å²) in [4.78, 5) is 2.37. The van der Waals surface area contributed by atoms with Crippen LogP contribution in [0.15, 0.2) is 45.3 Å². The van der Waals surface area contributed by atoms with Gasteiger partial charge in [0.05, 0.1) is 4.47 Å². The molecule has 0 radical (unpaired) electrons. The molecule has 2 nitrogen and oxygen atoms in total. The van der Waals surface area contributed by atoms with Crippen LogP contribution in [0.2, 0.25) is 0 Å². The topological polar surface area (TPSA) is 23.5 Å². The van der Waals surface area contributed by atoms with E-state index < -0.39 is 0 Å². The van der Waals surface area contributed by atoms with E-state index in [1.54, 1.807) is 0 Å². The molecule has 0 saturated carbocycles. The van der Waals surface area contributed by atoms with Crippen molar-refractivity contribution in [2.45, 2.75) is 19.5 Å². The van der Waals surface area contributed by atoms with Crippen LogP contribution >= 0.6 is 31.9 Å². The molecule has 104 valence electrons. The van der Waals surface area contributed by atoms with E-state index in [9.17, 15) is 5.11 Å². The second-order valence-corrected chi connectivity index (χ2v) is 6.89. The van der Waals surface area contributed by atoms with Crippen molar-refractivity contribution in [3.05, 3.63) is 62.0 Å². The average Bonchev–Trinajstić information content (AvgIpc) is 2.44. The largest absolute Gasteiger partial charge is 0.506 e. The van der Waals surface area contributed by atoms with Gasteiger partial charge in [0.15, 0.2) is 0 Å². The summed E-state index contributed by atoms with van der Waals surface area (Å²) in [5.41, 5.74) is 3.79. The van der Waals surface area contributed by atoms with Crippen LogP contribution in [-0.4, -0.2) is 16.6 Å². The number of phenols is 1. The molecule has 1 heterocycles. The second-order valence-electron chi connectivity index (χ2n) is 5.12. The van der Waals surface area contributed by atoms with Gasteiger partial charge in [0, 0.05) is 29.7 Å². The molecule has 20 heavy (non-hydrogen) atoms. The van der Waals surface area contributed by atoms with E-state index in [0.29, 0.717) is 5.75 Å². The molecule has 2 aromatic carbocycles. The quantitative estimate of drug-likeness (QED) is 0.809. The lowest BCUT2D eigenvalue weighted by Gasteiger charge is -2.29. The maximum absolute atomic E-state index is 10.2. The molecule has 0 atom stereocenters.